The number of rotatable bonds is 10. The molecule has 0 aromatic heterocycles. The third-order valence-corrected chi connectivity index (χ3v) is 21.7. The molecular formula is C24H55NO3Si3. The number of unbranched alkanes of at least 4 members (excludes halogenated alkanes) is 1. The second-order valence-electron chi connectivity index (χ2n) is 13.9. The fourth-order valence-corrected chi connectivity index (χ4v) is 5.98. The van der Waals surface area contributed by atoms with Crippen LogP contribution in [-0.2, 0) is 13.6 Å². The predicted molar refractivity (Wildman–Crippen MR) is 144 cm³/mol. The Morgan fingerprint density at radius 2 is 1.19 bits per heavy atom. The lowest BCUT2D eigenvalue weighted by molar-refractivity contribution is -0.137. The van der Waals surface area contributed by atoms with E-state index >= 15 is 0 Å². The lowest BCUT2D eigenvalue weighted by Crippen LogP contribution is -2.59. The Labute approximate surface area is 198 Å². The molecule has 0 aliphatic carbocycles. The molecule has 1 unspecified atom stereocenters. The summed E-state index contributed by atoms with van der Waals surface area (Å²) in [5.41, 5.74) is 0. The summed E-state index contributed by atoms with van der Waals surface area (Å²) in [6.45, 7) is 34.5. The zero-order valence-electron chi connectivity index (χ0n) is 23.6. The van der Waals surface area contributed by atoms with Gasteiger partial charge in [0.25, 0.3) is 8.32 Å². The summed E-state index contributed by atoms with van der Waals surface area (Å²) in [6.07, 6.45) is 2.75. The summed E-state index contributed by atoms with van der Waals surface area (Å²) in [7, 11) is -5.70. The minimum atomic E-state index is -2.15. The van der Waals surface area contributed by atoms with Crippen molar-refractivity contribution in [1.82, 2.24) is 4.98 Å². The molecular weight excluding hydrogens is 435 g/mol. The average Bonchev–Trinajstić information content (AvgIpc) is 2.49. The van der Waals surface area contributed by atoms with Crippen LogP contribution in [0.2, 0.25) is 54.4 Å². The molecule has 0 aliphatic rings. The second-order valence-corrected chi connectivity index (χ2v) is 28.4. The van der Waals surface area contributed by atoms with Gasteiger partial charge >= 0.3 is 5.97 Å². The molecule has 0 fully saturated rings. The third kappa shape index (κ3) is 9.43. The summed E-state index contributed by atoms with van der Waals surface area (Å²) in [5.74, 6) is -0.0540. The van der Waals surface area contributed by atoms with Gasteiger partial charge in [-0.05, 0) is 60.6 Å². The Kier molecular flexibility index (Phi) is 10.5. The summed E-state index contributed by atoms with van der Waals surface area (Å²) >= 11 is 0. The van der Waals surface area contributed by atoms with E-state index in [0.717, 1.165) is 25.9 Å². The normalized spacial score (nSPS) is 15.7. The maximum atomic E-state index is 13.3. The molecule has 4 nitrogen and oxygen atoms in total. The van der Waals surface area contributed by atoms with Gasteiger partial charge in [-0.3, -0.25) is 4.79 Å². The predicted octanol–water partition coefficient (Wildman–Crippen LogP) is 7.69. The van der Waals surface area contributed by atoms with E-state index in [0.29, 0.717) is 0 Å². The SMILES string of the molecule is CC(C)(C)[Si](C)(C)NC(CCCCO[Si](C)(C)C(C)(C)C)C(=O)O[Si](C)(C)C(C)(C)C. The van der Waals surface area contributed by atoms with E-state index < -0.39 is 24.9 Å². The summed E-state index contributed by atoms with van der Waals surface area (Å²) in [5, 5.41) is 0.404. The zero-order valence-corrected chi connectivity index (χ0v) is 26.6. The van der Waals surface area contributed by atoms with Crippen molar-refractivity contribution in [3.05, 3.63) is 0 Å². The quantitative estimate of drug-likeness (QED) is 0.252. The Morgan fingerprint density at radius 1 is 0.742 bits per heavy atom. The van der Waals surface area contributed by atoms with Gasteiger partial charge in [0.15, 0.2) is 8.32 Å². The Morgan fingerprint density at radius 3 is 1.58 bits per heavy atom. The highest BCUT2D eigenvalue weighted by atomic mass is 28.4. The first-order valence-corrected chi connectivity index (χ1v) is 20.9. The van der Waals surface area contributed by atoms with Gasteiger partial charge in [-0.2, -0.15) is 0 Å². The molecule has 0 saturated heterocycles. The molecule has 7 heteroatoms. The molecule has 0 aromatic rings. The van der Waals surface area contributed by atoms with Crippen molar-refractivity contribution in [2.75, 3.05) is 6.61 Å². The lowest BCUT2D eigenvalue weighted by atomic mass is 10.1. The van der Waals surface area contributed by atoms with Crippen LogP contribution in [0.4, 0.5) is 0 Å². The first-order valence-electron chi connectivity index (χ1n) is 12.1. The van der Waals surface area contributed by atoms with E-state index in [-0.39, 0.29) is 27.1 Å². The highest BCUT2D eigenvalue weighted by Gasteiger charge is 2.44. The molecule has 0 heterocycles. The maximum Gasteiger partial charge on any atom is 0.309 e. The van der Waals surface area contributed by atoms with E-state index in [9.17, 15) is 4.79 Å². The van der Waals surface area contributed by atoms with E-state index in [1.165, 1.54) is 0 Å². The Bertz CT molecular complexity index is 582. The fourth-order valence-electron chi connectivity index (χ4n) is 2.37. The number of hydrogen-bond acceptors (Lipinski definition) is 4. The van der Waals surface area contributed by atoms with Crippen LogP contribution in [0.15, 0.2) is 0 Å². The minimum Gasteiger partial charge on any atom is -0.518 e. The Hall–Kier alpha value is 0.0406. The van der Waals surface area contributed by atoms with Gasteiger partial charge in [0.2, 0.25) is 0 Å². The topological polar surface area (TPSA) is 47.6 Å². The van der Waals surface area contributed by atoms with Crippen molar-refractivity contribution in [3.63, 3.8) is 0 Å². The second kappa shape index (κ2) is 10.5. The van der Waals surface area contributed by atoms with E-state index in [1.54, 1.807) is 0 Å². The Balaban J connectivity index is 5.21. The number of carbonyl (C=O) groups is 1. The molecule has 0 rings (SSSR count). The summed E-state index contributed by atoms with van der Waals surface area (Å²) in [6, 6.07) is -0.233. The van der Waals surface area contributed by atoms with Crippen LogP contribution in [0.3, 0.4) is 0 Å². The summed E-state index contributed by atoms with van der Waals surface area (Å²) in [4.78, 5) is 17.1. The molecule has 0 saturated carbocycles. The van der Waals surface area contributed by atoms with Gasteiger partial charge in [-0.15, -0.1) is 0 Å². The smallest absolute Gasteiger partial charge is 0.309 e. The van der Waals surface area contributed by atoms with Crippen LogP contribution in [-0.4, -0.2) is 43.5 Å². The van der Waals surface area contributed by atoms with Crippen molar-refractivity contribution in [1.29, 1.82) is 0 Å². The molecule has 1 N–H and O–H groups in total. The van der Waals surface area contributed by atoms with Gasteiger partial charge in [0, 0.05) is 6.61 Å². The summed E-state index contributed by atoms with van der Waals surface area (Å²) < 4.78 is 12.5. The van der Waals surface area contributed by atoms with Crippen molar-refractivity contribution in [3.8, 4) is 0 Å². The van der Waals surface area contributed by atoms with Crippen LogP contribution < -0.4 is 4.98 Å². The van der Waals surface area contributed by atoms with Crippen LogP contribution >= 0.6 is 0 Å². The molecule has 31 heavy (non-hydrogen) atoms. The standard InChI is InChI=1S/C24H55NO3Si3/c1-22(2,3)29(10,11)25-20(21(26)28-31(14,15)24(7,8)9)18-16-17-19-27-30(12,13)23(4,5)6/h20,25H,16-19H2,1-15H3. The highest BCUT2D eigenvalue weighted by molar-refractivity contribution is 6.78. The molecule has 186 valence electrons. The molecule has 0 bridgehead atoms. The number of carbonyl (C=O) groups excluding carboxylic acids is 1. The van der Waals surface area contributed by atoms with Crippen molar-refractivity contribution in [2.45, 2.75) is 142 Å². The molecule has 1 atom stereocenters. The van der Waals surface area contributed by atoms with Crippen molar-refractivity contribution < 1.29 is 13.6 Å². The van der Waals surface area contributed by atoms with E-state index in [2.05, 4.69) is 107 Å². The van der Waals surface area contributed by atoms with Gasteiger partial charge in [0.1, 0.15) is 8.24 Å². The highest BCUT2D eigenvalue weighted by Crippen LogP contribution is 2.38. The molecule has 0 spiro atoms. The first-order chi connectivity index (χ1) is 13.4. The molecule has 0 aromatic carbocycles. The van der Waals surface area contributed by atoms with Gasteiger partial charge in [-0.1, -0.05) is 75.4 Å². The third-order valence-electron chi connectivity index (χ3n) is 8.01. The monoisotopic (exact) mass is 489 g/mol. The fraction of sp³-hybridized carbons (Fsp3) is 0.958. The largest absolute Gasteiger partial charge is 0.518 e. The average molecular weight is 490 g/mol. The zero-order chi connectivity index (χ0) is 25.1. The van der Waals surface area contributed by atoms with E-state index in [1.807, 2.05) is 0 Å². The van der Waals surface area contributed by atoms with Crippen molar-refractivity contribution >= 4 is 30.8 Å². The van der Waals surface area contributed by atoms with Gasteiger partial charge in [-0.25, -0.2) is 0 Å². The molecule has 0 amide bonds. The van der Waals surface area contributed by atoms with E-state index in [4.69, 9.17) is 8.85 Å². The lowest BCUT2D eigenvalue weighted by Gasteiger charge is -2.41. The van der Waals surface area contributed by atoms with Crippen LogP contribution in [0.1, 0.15) is 81.6 Å². The molecule has 0 aliphatic heterocycles. The van der Waals surface area contributed by atoms with Crippen molar-refractivity contribution in [2.24, 2.45) is 0 Å². The number of hydrogen-bond donors (Lipinski definition) is 1. The number of nitrogens with one attached hydrogen (secondary N) is 1. The van der Waals surface area contributed by atoms with Crippen LogP contribution in [0, 0.1) is 0 Å². The minimum absolute atomic E-state index is 0.0151. The molecule has 0 radical (unpaired) electrons. The van der Waals surface area contributed by atoms with Crippen LogP contribution in [0.5, 0.6) is 0 Å². The van der Waals surface area contributed by atoms with Gasteiger partial charge < -0.3 is 13.8 Å². The van der Waals surface area contributed by atoms with Gasteiger partial charge in [0.05, 0.1) is 6.04 Å². The first kappa shape index (κ1) is 31.0. The maximum absolute atomic E-state index is 13.3. The van der Waals surface area contributed by atoms with Crippen LogP contribution in [0.25, 0.3) is 0 Å².